The van der Waals surface area contributed by atoms with Crippen molar-refractivity contribution in [2.24, 2.45) is 0 Å². The molecule has 3 rings (SSSR count). The van der Waals surface area contributed by atoms with Gasteiger partial charge in [0.15, 0.2) is 5.82 Å². The fourth-order valence-corrected chi connectivity index (χ4v) is 3.11. The molecule has 1 heterocycles. The number of hydrogen-bond donors (Lipinski definition) is 1. The molecule has 1 N–H and O–H groups in total. The van der Waals surface area contributed by atoms with E-state index in [1.165, 1.54) is 0 Å². The van der Waals surface area contributed by atoms with E-state index < -0.39 is 0 Å². The Morgan fingerprint density at radius 2 is 1.81 bits per heavy atom. The van der Waals surface area contributed by atoms with E-state index in [0.29, 0.717) is 28.0 Å². The second kappa shape index (κ2) is 7.52. The third-order valence-electron chi connectivity index (χ3n) is 4.17. The summed E-state index contributed by atoms with van der Waals surface area (Å²) < 4.78 is 1.82. The second-order valence-electron chi connectivity index (χ2n) is 6.35. The van der Waals surface area contributed by atoms with Crippen molar-refractivity contribution >= 4 is 34.9 Å². The van der Waals surface area contributed by atoms with Gasteiger partial charge in [-0.3, -0.25) is 9.48 Å². The Bertz CT molecular complexity index is 979. The summed E-state index contributed by atoms with van der Waals surface area (Å²) in [6.07, 6.45) is 0. The number of carbonyl (C=O) groups excluding carboxylic acids is 1. The van der Waals surface area contributed by atoms with Crippen LogP contribution in [0.25, 0.3) is 0 Å². The lowest BCUT2D eigenvalue weighted by atomic mass is 10.1. The molecule has 3 aromatic rings. The van der Waals surface area contributed by atoms with Gasteiger partial charge in [0, 0.05) is 17.3 Å². The largest absolute Gasteiger partial charge is 0.305 e. The molecule has 1 amide bonds. The molecule has 0 aliphatic rings. The third kappa shape index (κ3) is 4.09. The van der Waals surface area contributed by atoms with Crippen LogP contribution in [0.5, 0.6) is 0 Å². The summed E-state index contributed by atoms with van der Waals surface area (Å²) in [5.41, 5.74) is 4.63. The molecule has 0 saturated carbocycles. The lowest BCUT2D eigenvalue weighted by Gasteiger charge is -2.07. The molecule has 0 aliphatic heterocycles. The lowest BCUT2D eigenvalue weighted by Crippen LogP contribution is -2.14. The normalized spacial score (nSPS) is 10.8. The van der Waals surface area contributed by atoms with E-state index in [1.807, 2.05) is 61.9 Å². The fourth-order valence-electron chi connectivity index (χ4n) is 2.79. The van der Waals surface area contributed by atoms with Gasteiger partial charge in [-0.1, -0.05) is 47.0 Å². The molecule has 0 saturated heterocycles. The zero-order chi connectivity index (χ0) is 18.8. The molecule has 0 fully saturated rings. The summed E-state index contributed by atoms with van der Waals surface area (Å²) in [5.74, 6) is 0.356. The quantitative estimate of drug-likeness (QED) is 0.649. The maximum atomic E-state index is 12.5. The van der Waals surface area contributed by atoms with Crippen LogP contribution >= 0.6 is 23.2 Å². The van der Waals surface area contributed by atoms with Crippen LogP contribution in [0.3, 0.4) is 0 Å². The van der Waals surface area contributed by atoms with Crippen LogP contribution in [0, 0.1) is 20.8 Å². The van der Waals surface area contributed by atoms with Crippen LogP contribution in [0.2, 0.25) is 10.0 Å². The zero-order valence-corrected chi connectivity index (χ0v) is 16.3. The minimum absolute atomic E-state index is 0.165. The minimum Gasteiger partial charge on any atom is -0.305 e. The van der Waals surface area contributed by atoms with Crippen molar-refractivity contribution in [3.05, 3.63) is 80.5 Å². The molecule has 6 heteroatoms. The first kappa shape index (κ1) is 18.5. The standard InChI is InChI=1S/C20H19Cl2N3O/c1-12-4-6-16(13(2)8-12)20(26)23-19-9-14(3)25(24-19)11-15-5-7-17(21)18(22)10-15/h4-10H,11H2,1-3H3,(H,23,24,26). The number of halogens is 2. The second-order valence-corrected chi connectivity index (χ2v) is 7.16. The van der Waals surface area contributed by atoms with Gasteiger partial charge in [-0.05, 0) is 50.1 Å². The topological polar surface area (TPSA) is 46.9 Å². The molecule has 134 valence electrons. The summed E-state index contributed by atoms with van der Waals surface area (Å²) in [6.45, 7) is 6.41. The van der Waals surface area contributed by atoms with Crippen LogP contribution in [0.1, 0.15) is 32.7 Å². The number of anilines is 1. The molecule has 0 spiro atoms. The summed E-state index contributed by atoms with van der Waals surface area (Å²) in [7, 11) is 0. The minimum atomic E-state index is -0.165. The highest BCUT2D eigenvalue weighted by molar-refractivity contribution is 6.42. The zero-order valence-electron chi connectivity index (χ0n) is 14.8. The van der Waals surface area contributed by atoms with Crippen molar-refractivity contribution in [1.29, 1.82) is 0 Å². The Morgan fingerprint density at radius 3 is 2.50 bits per heavy atom. The molecule has 0 aliphatic carbocycles. The number of aromatic nitrogens is 2. The Labute approximate surface area is 162 Å². The maximum absolute atomic E-state index is 12.5. The van der Waals surface area contributed by atoms with Gasteiger partial charge in [-0.25, -0.2) is 0 Å². The smallest absolute Gasteiger partial charge is 0.257 e. The molecule has 2 aromatic carbocycles. The van der Waals surface area contributed by atoms with Crippen LogP contribution < -0.4 is 5.32 Å². The van der Waals surface area contributed by atoms with Gasteiger partial charge >= 0.3 is 0 Å². The number of nitrogens with zero attached hydrogens (tertiary/aromatic N) is 2. The highest BCUT2D eigenvalue weighted by Crippen LogP contribution is 2.23. The molecule has 0 atom stereocenters. The predicted molar refractivity (Wildman–Crippen MR) is 106 cm³/mol. The average molecular weight is 388 g/mol. The first-order valence-corrected chi connectivity index (χ1v) is 8.96. The van der Waals surface area contributed by atoms with Crippen LogP contribution in [-0.2, 0) is 6.54 Å². The molecular formula is C20H19Cl2N3O. The Hall–Kier alpha value is -2.30. The average Bonchev–Trinajstić information content (AvgIpc) is 2.90. The molecule has 0 radical (unpaired) electrons. The Balaban J connectivity index is 1.77. The van der Waals surface area contributed by atoms with E-state index in [1.54, 1.807) is 6.07 Å². The Morgan fingerprint density at radius 1 is 1.04 bits per heavy atom. The summed E-state index contributed by atoms with van der Waals surface area (Å²) in [6, 6.07) is 13.1. The van der Waals surface area contributed by atoms with E-state index in [-0.39, 0.29) is 5.91 Å². The first-order chi connectivity index (χ1) is 12.3. The van der Waals surface area contributed by atoms with E-state index in [0.717, 1.165) is 22.4 Å². The van der Waals surface area contributed by atoms with Crippen molar-refractivity contribution in [2.45, 2.75) is 27.3 Å². The van der Waals surface area contributed by atoms with Crippen LogP contribution in [0.4, 0.5) is 5.82 Å². The Kier molecular flexibility index (Phi) is 5.35. The molecule has 0 unspecified atom stereocenters. The van der Waals surface area contributed by atoms with Gasteiger partial charge in [0.25, 0.3) is 5.91 Å². The fraction of sp³-hybridized carbons (Fsp3) is 0.200. The number of aryl methyl sites for hydroxylation is 3. The number of nitrogens with one attached hydrogen (secondary N) is 1. The van der Waals surface area contributed by atoms with Crippen molar-refractivity contribution in [2.75, 3.05) is 5.32 Å². The highest BCUT2D eigenvalue weighted by atomic mass is 35.5. The predicted octanol–water partition coefficient (Wildman–Crippen LogP) is 5.42. The van der Waals surface area contributed by atoms with Gasteiger partial charge in [0.1, 0.15) is 0 Å². The van der Waals surface area contributed by atoms with Gasteiger partial charge in [-0.15, -0.1) is 0 Å². The van der Waals surface area contributed by atoms with E-state index in [4.69, 9.17) is 23.2 Å². The number of benzene rings is 2. The number of hydrogen-bond acceptors (Lipinski definition) is 2. The molecule has 4 nitrogen and oxygen atoms in total. The maximum Gasteiger partial charge on any atom is 0.257 e. The lowest BCUT2D eigenvalue weighted by molar-refractivity contribution is 0.102. The molecule has 26 heavy (non-hydrogen) atoms. The molecule has 0 bridgehead atoms. The summed E-state index contributed by atoms with van der Waals surface area (Å²) in [4.78, 5) is 12.5. The SMILES string of the molecule is Cc1ccc(C(=O)Nc2cc(C)n(Cc3ccc(Cl)c(Cl)c3)n2)c(C)c1. The highest BCUT2D eigenvalue weighted by Gasteiger charge is 2.12. The number of carbonyl (C=O) groups is 1. The van der Waals surface area contributed by atoms with Gasteiger partial charge in [0.05, 0.1) is 16.6 Å². The van der Waals surface area contributed by atoms with Gasteiger partial charge in [-0.2, -0.15) is 5.10 Å². The number of rotatable bonds is 4. The van der Waals surface area contributed by atoms with Crippen molar-refractivity contribution in [3.8, 4) is 0 Å². The number of amides is 1. The van der Waals surface area contributed by atoms with Gasteiger partial charge in [0.2, 0.25) is 0 Å². The van der Waals surface area contributed by atoms with Gasteiger partial charge < -0.3 is 5.32 Å². The van der Waals surface area contributed by atoms with Crippen LogP contribution in [0.15, 0.2) is 42.5 Å². The molecule has 1 aromatic heterocycles. The first-order valence-electron chi connectivity index (χ1n) is 8.20. The van der Waals surface area contributed by atoms with Crippen molar-refractivity contribution in [3.63, 3.8) is 0 Å². The molecular weight excluding hydrogens is 369 g/mol. The van der Waals surface area contributed by atoms with Crippen molar-refractivity contribution < 1.29 is 4.79 Å². The van der Waals surface area contributed by atoms with Crippen molar-refractivity contribution in [1.82, 2.24) is 9.78 Å². The van der Waals surface area contributed by atoms with E-state index in [2.05, 4.69) is 10.4 Å². The van der Waals surface area contributed by atoms with E-state index in [9.17, 15) is 4.79 Å². The van der Waals surface area contributed by atoms with E-state index >= 15 is 0 Å². The monoisotopic (exact) mass is 387 g/mol. The summed E-state index contributed by atoms with van der Waals surface area (Å²) in [5, 5.41) is 8.38. The third-order valence-corrected chi connectivity index (χ3v) is 4.90. The van der Waals surface area contributed by atoms with Crippen LogP contribution in [-0.4, -0.2) is 15.7 Å². The summed E-state index contributed by atoms with van der Waals surface area (Å²) >= 11 is 12.0.